The zero-order valence-electron chi connectivity index (χ0n) is 21.8. The molecule has 3 rings (SSSR count). The minimum absolute atomic E-state index is 0.0901. The van der Waals surface area contributed by atoms with Gasteiger partial charge in [-0.05, 0) is 86.7 Å². The average molecular weight is 477 g/mol. The van der Waals surface area contributed by atoms with Crippen LogP contribution in [-0.2, 0) is 4.74 Å². The van der Waals surface area contributed by atoms with Gasteiger partial charge in [0.2, 0.25) is 0 Å². The zero-order valence-corrected chi connectivity index (χ0v) is 21.8. The number of hydrogen-bond acceptors (Lipinski definition) is 5. The molecule has 0 amide bonds. The summed E-state index contributed by atoms with van der Waals surface area (Å²) >= 11 is 0. The summed E-state index contributed by atoms with van der Waals surface area (Å²) in [5.41, 5.74) is 2.74. The standard InChI is InChI=1S/C29H48O5/c1-19(8-6-14-28(3,4)33)23-12-13-24-21(9-7-15-29(23,24)5)10-11-22-18-25(31)27(34-17-16-30)26(32)20(22)2/h10-11,19,23-27,30-33H,2,6-9,12-18H2,1,3-5H3/b21-10+,22-11+/t19-,23-,24+,25-,26-,27-,29-/m1/s1. The van der Waals surface area contributed by atoms with E-state index in [1.807, 2.05) is 13.8 Å². The number of ether oxygens (including phenoxy) is 1. The van der Waals surface area contributed by atoms with E-state index in [2.05, 4.69) is 32.6 Å². The molecule has 0 unspecified atom stereocenters. The zero-order chi connectivity index (χ0) is 25.1. The van der Waals surface area contributed by atoms with Gasteiger partial charge in [-0.15, -0.1) is 0 Å². The van der Waals surface area contributed by atoms with Crippen molar-refractivity contribution in [3.63, 3.8) is 0 Å². The molecule has 0 aliphatic heterocycles. The molecule has 5 heteroatoms. The van der Waals surface area contributed by atoms with Gasteiger partial charge in [0, 0.05) is 6.42 Å². The Balaban J connectivity index is 1.69. The van der Waals surface area contributed by atoms with Gasteiger partial charge in [-0.25, -0.2) is 0 Å². The van der Waals surface area contributed by atoms with Gasteiger partial charge < -0.3 is 25.2 Å². The lowest BCUT2D eigenvalue weighted by molar-refractivity contribution is -0.101. The molecule has 194 valence electrons. The molecule has 5 nitrogen and oxygen atoms in total. The normalized spacial score (nSPS) is 37.9. The monoisotopic (exact) mass is 476 g/mol. The fraction of sp³-hybridized carbons (Fsp3) is 0.793. The summed E-state index contributed by atoms with van der Waals surface area (Å²) in [6, 6.07) is 0. The van der Waals surface area contributed by atoms with E-state index in [-0.39, 0.29) is 13.2 Å². The fourth-order valence-electron chi connectivity index (χ4n) is 7.12. The van der Waals surface area contributed by atoms with Crippen LogP contribution in [0.15, 0.2) is 35.5 Å². The molecule has 34 heavy (non-hydrogen) atoms. The van der Waals surface area contributed by atoms with Crippen molar-refractivity contribution >= 4 is 0 Å². The van der Waals surface area contributed by atoms with Crippen LogP contribution in [0, 0.1) is 23.2 Å². The van der Waals surface area contributed by atoms with E-state index >= 15 is 0 Å². The highest BCUT2D eigenvalue weighted by molar-refractivity contribution is 5.40. The lowest BCUT2D eigenvalue weighted by Gasteiger charge is -2.44. The highest BCUT2D eigenvalue weighted by Gasteiger charge is 2.50. The minimum atomic E-state index is -0.961. The van der Waals surface area contributed by atoms with Crippen molar-refractivity contribution in [1.29, 1.82) is 0 Å². The van der Waals surface area contributed by atoms with E-state index in [1.54, 1.807) is 0 Å². The lowest BCUT2D eigenvalue weighted by atomic mass is 9.60. The number of aliphatic hydroxyl groups excluding tert-OH is 3. The molecule has 0 radical (unpaired) electrons. The number of rotatable bonds is 9. The second kappa shape index (κ2) is 11.4. The molecule has 0 bridgehead atoms. The predicted molar refractivity (Wildman–Crippen MR) is 136 cm³/mol. The van der Waals surface area contributed by atoms with E-state index in [9.17, 15) is 15.3 Å². The van der Waals surface area contributed by atoms with E-state index in [1.165, 1.54) is 37.7 Å². The first-order valence-electron chi connectivity index (χ1n) is 13.4. The molecule has 3 aliphatic rings. The van der Waals surface area contributed by atoms with Crippen molar-refractivity contribution in [1.82, 2.24) is 0 Å². The predicted octanol–water partition coefficient (Wildman–Crippen LogP) is 4.69. The fourth-order valence-corrected chi connectivity index (χ4v) is 7.12. The Kier molecular flexibility index (Phi) is 9.24. The lowest BCUT2D eigenvalue weighted by Crippen LogP contribution is -2.45. The van der Waals surface area contributed by atoms with Crippen LogP contribution in [0.4, 0.5) is 0 Å². The number of allylic oxidation sites excluding steroid dienone is 3. The van der Waals surface area contributed by atoms with E-state index in [0.29, 0.717) is 35.2 Å². The summed E-state index contributed by atoms with van der Waals surface area (Å²) in [6.45, 7) is 12.7. The van der Waals surface area contributed by atoms with E-state index in [4.69, 9.17) is 9.84 Å². The summed E-state index contributed by atoms with van der Waals surface area (Å²) in [4.78, 5) is 0. The van der Waals surface area contributed by atoms with E-state index < -0.39 is 23.9 Å². The molecule has 3 aliphatic carbocycles. The van der Waals surface area contributed by atoms with Crippen molar-refractivity contribution in [2.45, 2.75) is 109 Å². The number of hydrogen-bond donors (Lipinski definition) is 4. The summed E-state index contributed by atoms with van der Waals surface area (Å²) < 4.78 is 5.45. The molecule has 3 fully saturated rings. The first-order chi connectivity index (χ1) is 16.0. The molecule has 3 saturated carbocycles. The van der Waals surface area contributed by atoms with Gasteiger partial charge in [-0.2, -0.15) is 0 Å². The molecule has 4 N–H and O–H groups in total. The molecule has 0 aromatic carbocycles. The molecular weight excluding hydrogens is 428 g/mol. The van der Waals surface area contributed by atoms with Crippen molar-refractivity contribution in [2.24, 2.45) is 23.2 Å². The average Bonchev–Trinajstić information content (AvgIpc) is 3.12. The van der Waals surface area contributed by atoms with Gasteiger partial charge in [0.25, 0.3) is 0 Å². The SMILES string of the molecule is C=C1/C(=C/C=C2\CCC[C@]3(C)[C@@H]([C@H](C)CCCC(C)(C)O)CC[C@@H]23)C[C@@H](O)[C@@H](OCCO)[C@@H]1O. The van der Waals surface area contributed by atoms with Gasteiger partial charge in [0.1, 0.15) is 12.2 Å². The topological polar surface area (TPSA) is 90.2 Å². The van der Waals surface area contributed by atoms with Crippen LogP contribution in [-0.4, -0.2) is 57.6 Å². The minimum Gasteiger partial charge on any atom is -0.394 e. The van der Waals surface area contributed by atoms with Crippen LogP contribution < -0.4 is 0 Å². The van der Waals surface area contributed by atoms with Crippen LogP contribution in [0.5, 0.6) is 0 Å². The second-order valence-corrected chi connectivity index (χ2v) is 12.0. The van der Waals surface area contributed by atoms with Crippen LogP contribution >= 0.6 is 0 Å². The third-order valence-corrected chi connectivity index (χ3v) is 8.96. The number of fused-ring (bicyclic) bond motifs is 1. The first-order valence-corrected chi connectivity index (χ1v) is 13.4. The van der Waals surface area contributed by atoms with Crippen LogP contribution in [0.1, 0.15) is 85.5 Å². The van der Waals surface area contributed by atoms with Gasteiger partial charge >= 0.3 is 0 Å². The maximum absolute atomic E-state index is 10.6. The summed E-state index contributed by atoms with van der Waals surface area (Å²) in [6.07, 6.45) is 11.4. The molecule has 0 spiro atoms. The number of aliphatic hydroxyl groups is 4. The van der Waals surface area contributed by atoms with Crippen molar-refractivity contribution < 1.29 is 25.2 Å². The van der Waals surface area contributed by atoms with Gasteiger partial charge in [0.15, 0.2) is 0 Å². The first kappa shape index (κ1) is 27.6. The Labute approximate surface area is 206 Å². The third kappa shape index (κ3) is 6.22. The largest absolute Gasteiger partial charge is 0.394 e. The quantitative estimate of drug-likeness (QED) is 0.388. The highest BCUT2D eigenvalue weighted by Crippen LogP contribution is 2.60. The maximum atomic E-state index is 10.6. The molecule has 0 saturated heterocycles. The second-order valence-electron chi connectivity index (χ2n) is 12.0. The van der Waals surface area contributed by atoms with Crippen molar-refractivity contribution in [3.05, 3.63) is 35.5 Å². The molecular formula is C29H48O5. The molecule has 7 atom stereocenters. The van der Waals surface area contributed by atoms with Gasteiger partial charge in [-0.3, -0.25) is 0 Å². The van der Waals surface area contributed by atoms with Gasteiger partial charge in [-0.1, -0.05) is 51.0 Å². The van der Waals surface area contributed by atoms with Gasteiger partial charge in [0.05, 0.1) is 24.9 Å². The Morgan fingerprint density at radius 2 is 1.97 bits per heavy atom. The maximum Gasteiger partial charge on any atom is 0.114 e. The third-order valence-electron chi connectivity index (χ3n) is 8.96. The van der Waals surface area contributed by atoms with Crippen LogP contribution in [0.2, 0.25) is 0 Å². The summed E-state index contributed by atoms with van der Waals surface area (Å²) in [7, 11) is 0. The molecule has 0 heterocycles. The Bertz CT molecular complexity index is 763. The van der Waals surface area contributed by atoms with Crippen LogP contribution in [0.25, 0.3) is 0 Å². The summed E-state index contributed by atoms with van der Waals surface area (Å²) in [5, 5.41) is 40.2. The summed E-state index contributed by atoms with van der Waals surface area (Å²) in [5.74, 6) is 1.97. The Morgan fingerprint density at radius 3 is 2.65 bits per heavy atom. The van der Waals surface area contributed by atoms with Crippen molar-refractivity contribution in [2.75, 3.05) is 13.2 Å². The highest BCUT2D eigenvalue weighted by atomic mass is 16.5. The Morgan fingerprint density at radius 1 is 1.24 bits per heavy atom. The Hall–Kier alpha value is -0.980. The van der Waals surface area contributed by atoms with Crippen molar-refractivity contribution in [3.8, 4) is 0 Å². The molecule has 0 aromatic heterocycles. The van der Waals surface area contributed by atoms with E-state index in [0.717, 1.165) is 24.8 Å². The molecule has 0 aromatic rings. The smallest absolute Gasteiger partial charge is 0.114 e. The van der Waals surface area contributed by atoms with Crippen LogP contribution in [0.3, 0.4) is 0 Å².